The first-order valence-corrected chi connectivity index (χ1v) is 12.3. The molecule has 4 nitrogen and oxygen atoms in total. The number of amides is 2. The van der Waals surface area contributed by atoms with Gasteiger partial charge in [0.15, 0.2) is 0 Å². The molecule has 3 rings (SSSR count). The average molecular weight is 496 g/mol. The van der Waals surface area contributed by atoms with E-state index in [4.69, 9.17) is 34.8 Å². The van der Waals surface area contributed by atoms with Gasteiger partial charge in [-0.25, -0.2) is 0 Å². The first-order valence-electron chi connectivity index (χ1n) is 11.0. The summed E-state index contributed by atoms with van der Waals surface area (Å²) in [6, 6.07) is 13.9. The topological polar surface area (TPSA) is 49.4 Å². The molecule has 7 heteroatoms. The Hall–Kier alpha value is -1.75. The average Bonchev–Trinajstić information content (AvgIpc) is 2.79. The zero-order valence-electron chi connectivity index (χ0n) is 18.2. The molecule has 0 unspecified atom stereocenters. The van der Waals surface area contributed by atoms with Crippen LogP contribution in [0.1, 0.15) is 49.8 Å². The third kappa shape index (κ3) is 6.63. The molecule has 2 amide bonds. The minimum Gasteiger partial charge on any atom is -0.351 e. The van der Waals surface area contributed by atoms with Crippen molar-refractivity contribution in [2.45, 2.75) is 51.1 Å². The lowest BCUT2D eigenvalue weighted by Gasteiger charge is -2.35. The molecule has 1 aliphatic rings. The van der Waals surface area contributed by atoms with Gasteiger partial charge in [0.2, 0.25) is 11.8 Å². The van der Waals surface area contributed by atoms with E-state index in [0.717, 1.165) is 24.8 Å². The molecule has 172 valence electrons. The second kappa shape index (κ2) is 11.9. The Morgan fingerprint density at radius 1 is 1.00 bits per heavy atom. The van der Waals surface area contributed by atoms with Crippen molar-refractivity contribution in [2.24, 2.45) is 5.92 Å². The van der Waals surface area contributed by atoms with E-state index >= 15 is 0 Å². The van der Waals surface area contributed by atoms with E-state index in [9.17, 15) is 9.59 Å². The number of nitrogens with zero attached hydrogens (tertiary/aromatic N) is 1. The van der Waals surface area contributed by atoms with Crippen molar-refractivity contribution in [2.75, 3.05) is 12.4 Å². The Labute approximate surface area is 205 Å². The van der Waals surface area contributed by atoms with Crippen LogP contribution in [0.2, 0.25) is 10.0 Å². The van der Waals surface area contributed by atoms with Crippen molar-refractivity contribution in [3.8, 4) is 0 Å². The maximum atomic E-state index is 13.6. The summed E-state index contributed by atoms with van der Waals surface area (Å²) in [5.74, 6) is -0.254. The van der Waals surface area contributed by atoms with Crippen LogP contribution in [0.25, 0.3) is 0 Å². The highest BCUT2D eigenvalue weighted by Crippen LogP contribution is 2.28. The van der Waals surface area contributed by atoms with Crippen molar-refractivity contribution in [1.82, 2.24) is 10.2 Å². The van der Waals surface area contributed by atoms with Gasteiger partial charge in [-0.05, 0) is 60.6 Å². The Bertz CT molecular complexity index is 902. The van der Waals surface area contributed by atoms with Crippen molar-refractivity contribution in [3.63, 3.8) is 0 Å². The maximum Gasteiger partial charge on any atom is 0.247 e. The Balaban J connectivity index is 1.87. The molecule has 0 spiro atoms. The van der Waals surface area contributed by atoms with Gasteiger partial charge in [0, 0.05) is 22.6 Å². The fourth-order valence-corrected chi connectivity index (χ4v) is 4.69. The highest BCUT2D eigenvalue weighted by molar-refractivity contribution is 6.30. The lowest BCUT2D eigenvalue weighted by atomic mass is 9.85. The molecule has 2 aromatic rings. The molecular formula is C25H29Cl3N2O2. The number of carbonyl (C=O) groups is 2. The standard InChI is InChI=1S/C25H29Cl3N2O2/c1-17-4-2-3-5-22(17)29-25(32)24(19-8-12-21(28)13-9-19)30(23(31)16-26)15-14-18-6-10-20(27)11-7-18/h6-13,17,22,24H,2-5,14-16H2,1H3,(H,29,32)/t17-,22-,24+/m1/s1. The number of halogens is 3. The molecule has 1 aliphatic carbocycles. The molecule has 0 aromatic heterocycles. The number of carbonyl (C=O) groups excluding carboxylic acids is 2. The number of hydrogen-bond donors (Lipinski definition) is 1. The van der Waals surface area contributed by atoms with E-state index in [0.29, 0.717) is 34.5 Å². The van der Waals surface area contributed by atoms with Crippen LogP contribution >= 0.6 is 34.8 Å². The molecule has 0 aliphatic heterocycles. The van der Waals surface area contributed by atoms with E-state index in [1.54, 1.807) is 29.2 Å². The van der Waals surface area contributed by atoms with Crippen LogP contribution < -0.4 is 5.32 Å². The SMILES string of the molecule is C[C@@H]1CCCC[C@H]1NC(=O)[C@H](c1ccc(Cl)cc1)N(CCc1ccc(Cl)cc1)C(=O)CCl. The van der Waals surface area contributed by atoms with Crippen LogP contribution in [-0.2, 0) is 16.0 Å². The molecular weight excluding hydrogens is 467 g/mol. The molecule has 2 aromatic carbocycles. The van der Waals surface area contributed by atoms with E-state index in [-0.39, 0.29) is 23.7 Å². The van der Waals surface area contributed by atoms with Crippen LogP contribution in [0.5, 0.6) is 0 Å². The van der Waals surface area contributed by atoms with Crippen molar-refractivity contribution < 1.29 is 9.59 Å². The quantitative estimate of drug-likeness (QED) is 0.454. The van der Waals surface area contributed by atoms with Crippen LogP contribution in [0, 0.1) is 5.92 Å². The Kier molecular flexibility index (Phi) is 9.27. The van der Waals surface area contributed by atoms with Gasteiger partial charge in [-0.1, -0.05) is 67.2 Å². The van der Waals surface area contributed by atoms with Gasteiger partial charge in [0.25, 0.3) is 0 Å². The molecule has 1 saturated carbocycles. The van der Waals surface area contributed by atoms with E-state index in [1.165, 1.54) is 6.42 Å². The van der Waals surface area contributed by atoms with Crippen LogP contribution in [0.3, 0.4) is 0 Å². The normalized spacial score (nSPS) is 19.2. The lowest BCUT2D eigenvalue weighted by molar-refractivity contribution is -0.139. The summed E-state index contributed by atoms with van der Waals surface area (Å²) < 4.78 is 0. The molecule has 0 bridgehead atoms. The van der Waals surface area contributed by atoms with Gasteiger partial charge in [0.05, 0.1) is 0 Å². The summed E-state index contributed by atoms with van der Waals surface area (Å²) in [5.41, 5.74) is 1.74. The predicted octanol–water partition coefficient (Wildman–Crippen LogP) is 6.04. The van der Waals surface area contributed by atoms with Gasteiger partial charge in [0.1, 0.15) is 11.9 Å². The van der Waals surface area contributed by atoms with Crippen LogP contribution in [0.4, 0.5) is 0 Å². The highest BCUT2D eigenvalue weighted by atomic mass is 35.5. The molecule has 0 heterocycles. The first kappa shape index (κ1) is 24.9. The van der Waals surface area contributed by atoms with Crippen molar-refractivity contribution in [3.05, 3.63) is 69.7 Å². The predicted molar refractivity (Wildman–Crippen MR) is 131 cm³/mol. The number of hydrogen-bond acceptors (Lipinski definition) is 2. The summed E-state index contributed by atoms with van der Waals surface area (Å²) in [7, 11) is 0. The van der Waals surface area contributed by atoms with Crippen LogP contribution in [-0.4, -0.2) is 35.2 Å². The third-order valence-corrected chi connectivity index (χ3v) is 6.91. The molecule has 0 saturated heterocycles. The second-order valence-corrected chi connectivity index (χ2v) is 9.57. The summed E-state index contributed by atoms with van der Waals surface area (Å²) in [6.45, 7) is 2.53. The van der Waals surface area contributed by atoms with E-state index in [2.05, 4.69) is 12.2 Å². The minimum absolute atomic E-state index is 0.107. The third-order valence-electron chi connectivity index (χ3n) is 6.17. The van der Waals surface area contributed by atoms with Gasteiger partial charge in [-0.15, -0.1) is 11.6 Å². The molecule has 0 radical (unpaired) electrons. The van der Waals surface area contributed by atoms with Crippen LogP contribution in [0.15, 0.2) is 48.5 Å². The fraction of sp³-hybridized carbons (Fsp3) is 0.440. The summed E-state index contributed by atoms with van der Waals surface area (Å²) in [5, 5.41) is 4.45. The second-order valence-electron chi connectivity index (χ2n) is 8.43. The van der Waals surface area contributed by atoms with Gasteiger partial charge < -0.3 is 10.2 Å². The Morgan fingerprint density at radius 2 is 1.59 bits per heavy atom. The minimum atomic E-state index is -0.778. The summed E-state index contributed by atoms with van der Waals surface area (Å²) in [4.78, 5) is 28.0. The molecule has 3 atom stereocenters. The first-order chi connectivity index (χ1) is 15.4. The maximum absolute atomic E-state index is 13.6. The molecule has 1 N–H and O–H groups in total. The number of rotatable bonds is 8. The number of nitrogens with one attached hydrogen (secondary N) is 1. The van der Waals surface area contributed by atoms with Gasteiger partial charge in [-0.3, -0.25) is 9.59 Å². The van der Waals surface area contributed by atoms with Crippen molar-refractivity contribution in [1.29, 1.82) is 0 Å². The number of benzene rings is 2. The van der Waals surface area contributed by atoms with Crippen molar-refractivity contribution >= 4 is 46.6 Å². The zero-order chi connectivity index (χ0) is 23.1. The molecule has 1 fully saturated rings. The monoisotopic (exact) mass is 494 g/mol. The summed E-state index contributed by atoms with van der Waals surface area (Å²) in [6.07, 6.45) is 4.91. The van der Waals surface area contributed by atoms with Gasteiger partial charge >= 0.3 is 0 Å². The zero-order valence-corrected chi connectivity index (χ0v) is 20.5. The summed E-state index contributed by atoms with van der Waals surface area (Å²) >= 11 is 18.0. The van der Waals surface area contributed by atoms with E-state index in [1.807, 2.05) is 24.3 Å². The largest absolute Gasteiger partial charge is 0.351 e. The Morgan fingerprint density at radius 3 is 2.19 bits per heavy atom. The lowest BCUT2D eigenvalue weighted by Crippen LogP contribution is -2.49. The highest BCUT2D eigenvalue weighted by Gasteiger charge is 2.33. The van der Waals surface area contributed by atoms with Gasteiger partial charge in [-0.2, -0.15) is 0 Å². The number of alkyl halides is 1. The van der Waals surface area contributed by atoms with E-state index < -0.39 is 6.04 Å². The smallest absolute Gasteiger partial charge is 0.247 e. The molecule has 32 heavy (non-hydrogen) atoms. The fourth-order valence-electron chi connectivity index (χ4n) is 4.29.